The molecule has 3 rings (SSSR count). The average molecular weight is 414 g/mol. The number of rotatable bonds is 6. The summed E-state index contributed by atoms with van der Waals surface area (Å²) in [5.74, 6) is -4.58. The number of amides is 2. The lowest BCUT2D eigenvalue weighted by Gasteiger charge is -2.16. The molecule has 2 amide bonds. The monoisotopic (exact) mass is 414 g/mol. The van der Waals surface area contributed by atoms with Crippen LogP contribution in [0.2, 0.25) is 0 Å². The molecule has 1 atom stereocenters. The molecule has 0 unspecified atom stereocenters. The molecule has 30 heavy (non-hydrogen) atoms. The van der Waals surface area contributed by atoms with Crippen molar-refractivity contribution in [3.05, 3.63) is 52.8 Å². The van der Waals surface area contributed by atoms with Gasteiger partial charge in [-0.25, -0.2) is 14.6 Å². The third kappa shape index (κ3) is 3.71. The summed E-state index contributed by atoms with van der Waals surface area (Å²) < 4.78 is 5.33. The molecule has 13 heteroatoms. The highest BCUT2D eigenvalue weighted by molar-refractivity contribution is 5.98. The van der Waals surface area contributed by atoms with Gasteiger partial charge in [0.05, 0.1) is 12.7 Å². The Morgan fingerprint density at radius 2 is 1.87 bits per heavy atom. The van der Waals surface area contributed by atoms with Crippen LogP contribution in [0.5, 0.6) is 5.88 Å². The van der Waals surface area contributed by atoms with Crippen LogP contribution >= 0.6 is 0 Å². The quantitative estimate of drug-likeness (QED) is 0.373. The first-order valence-corrected chi connectivity index (χ1v) is 8.20. The molecule has 0 fully saturated rings. The van der Waals surface area contributed by atoms with Crippen molar-refractivity contribution in [2.24, 2.45) is 5.73 Å². The molecule has 2 aromatic heterocycles. The second-order valence-electron chi connectivity index (χ2n) is 5.90. The van der Waals surface area contributed by atoms with E-state index >= 15 is 0 Å². The number of esters is 1. The number of primary amides is 1. The van der Waals surface area contributed by atoms with E-state index in [0.717, 1.165) is 10.6 Å². The third-order valence-electron chi connectivity index (χ3n) is 4.03. The number of hydrogen-bond donors (Lipinski definition) is 4. The summed E-state index contributed by atoms with van der Waals surface area (Å²) in [7, 11) is 1.21. The molecule has 0 saturated carbocycles. The minimum atomic E-state index is -1.45. The zero-order valence-electron chi connectivity index (χ0n) is 15.3. The molecule has 0 radical (unpaired) electrons. The Hall–Kier alpha value is -4.55. The van der Waals surface area contributed by atoms with Gasteiger partial charge in [0.25, 0.3) is 11.8 Å². The smallest absolute Gasteiger partial charge is 0.354 e. The predicted molar refractivity (Wildman–Crippen MR) is 96.6 cm³/mol. The number of nitrogens with one attached hydrogen (secondary N) is 1. The molecule has 0 bridgehead atoms. The Balaban J connectivity index is 1.94. The maximum atomic E-state index is 12.6. The van der Waals surface area contributed by atoms with E-state index in [1.54, 1.807) is 0 Å². The van der Waals surface area contributed by atoms with Crippen LogP contribution in [-0.4, -0.2) is 60.9 Å². The van der Waals surface area contributed by atoms with E-state index in [1.807, 2.05) is 0 Å². The molecule has 0 aliphatic carbocycles. The Morgan fingerprint density at radius 1 is 1.20 bits per heavy atom. The molecule has 0 saturated heterocycles. The van der Waals surface area contributed by atoms with Crippen LogP contribution in [-0.2, 0) is 9.53 Å². The van der Waals surface area contributed by atoms with Gasteiger partial charge in [-0.2, -0.15) is 4.52 Å². The first kappa shape index (κ1) is 20.2. The molecule has 3 aromatic rings. The Bertz CT molecular complexity index is 1170. The average Bonchev–Trinajstić information content (AvgIpc) is 3.11. The summed E-state index contributed by atoms with van der Waals surface area (Å²) in [5.41, 5.74) is 4.58. The molecule has 0 aliphatic heterocycles. The highest BCUT2D eigenvalue weighted by Gasteiger charge is 2.25. The van der Waals surface area contributed by atoms with Crippen molar-refractivity contribution >= 4 is 29.4 Å². The first-order valence-electron chi connectivity index (χ1n) is 8.20. The lowest BCUT2D eigenvalue weighted by Crippen LogP contribution is -2.38. The highest BCUT2D eigenvalue weighted by atomic mass is 16.5. The molecule has 1 aromatic carbocycles. The number of aromatic hydroxyl groups is 1. The van der Waals surface area contributed by atoms with Crippen LogP contribution in [0.1, 0.15) is 42.9 Å². The molecule has 2 heterocycles. The molecule has 5 N–H and O–H groups in total. The number of aromatic carboxylic acids is 1. The first-order chi connectivity index (χ1) is 14.2. The second-order valence-corrected chi connectivity index (χ2v) is 5.90. The maximum absolute atomic E-state index is 12.6. The van der Waals surface area contributed by atoms with Crippen molar-refractivity contribution in [3.63, 3.8) is 0 Å². The van der Waals surface area contributed by atoms with E-state index < -0.39 is 47.1 Å². The molecular formula is C17H14N6O7. The maximum Gasteiger partial charge on any atom is 0.354 e. The number of carboxylic acids is 1. The van der Waals surface area contributed by atoms with Crippen LogP contribution < -0.4 is 11.1 Å². The Kier molecular flexibility index (Phi) is 5.27. The van der Waals surface area contributed by atoms with Crippen molar-refractivity contribution in [1.82, 2.24) is 25.1 Å². The number of aromatic nitrogens is 4. The number of nitrogens with zero attached hydrogens (tertiary/aromatic N) is 4. The standard InChI is InChI=1S/C17H14N6O7/c1-30-17(29)8-4-2-7(3-5-8)11(12(18)24)20-14(25)9-6-10(16(27)28)23-13(19-9)15(26)21-22-23/h2-6,11,26H,1H3,(H2,18,24)(H,20,25)(H,27,28)/t11-/m1/s1. The fraction of sp³-hybridized carbons (Fsp3) is 0.118. The van der Waals surface area contributed by atoms with Gasteiger partial charge in [0.15, 0.2) is 5.69 Å². The second kappa shape index (κ2) is 7.83. The number of carboxylic acid groups (broad SMARTS) is 1. The van der Waals surface area contributed by atoms with Gasteiger partial charge in [0.1, 0.15) is 11.7 Å². The molecule has 0 aliphatic rings. The number of carbonyl (C=O) groups excluding carboxylic acids is 3. The van der Waals surface area contributed by atoms with Crippen LogP contribution in [0.25, 0.3) is 5.65 Å². The minimum Gasteiger partial charge on any atom is -0.489 e. The summed E-state index contributed by atoms with van der Waals surface area (Å²) in [6, 6.07) is 5.14. The van der Waals surface area contributed by atoms with Gasteiger partial charge in [0.2, 0.25) is 11.6 Å². The van der Waals surface area contributed by atoms with E-state index in [9.17, 15) is 29.4 Å². The number of nitrogens with two attached hydrogens (primary N) is 1. The van der Waals surface area contributed by atoms with E-state index in [-0.39, 0.29) is 16.8 Å². The van der Waals surface area contributed by atoms with Crippen molar-refractivity contribution in [3.8, 4) is 5.88 Å². The van der Waals surface area contributed by atoms with Gasteiger partial charge < -0.3 is 26.0 Å². The summed E-state index contributed by atoms with van der Waals surface area (Å²) in [5, 5.41) is 28.0. The van der Waals surface area contributed by atoms with Gasteiger partial charge >= 0.3 is 11.9 Å². The molecular weight excluding hydrogens is 400 g/mol. The largest absolute Gasteiger partial charge is 0.489 e. The number of benzene rings is 1. The summed E-state index contributed by atoms with van der Waals surface area (Å²) in [6.07, 6.45) is 0. The fourth-order valence-corrected chi connectivity index (χ4v) is 2.59. The van der Waals surface area contributed by atoms with Gasteiger partial charge in [-0.15, -0.1) is 0 Å². The van der Waals surface area contributed by atoms with E-state index in [2.05, 4.69) is 25.3 Å². The van der Waals surface area contributed by atoms with E-state index in [4.69, 9.17) is 5.73 Å². The predicted octanol–water partition coefficient (Wildman–Crippen LogP) is -0.729. The lowest BCUT2D eigenvalue weighted by molar-refractivity contribution is -0.120. The molecule has 13 nitrogen and oxygen atoms in total. The SMILES string of the molecule is COC(=O)c1ccc([C@@H](NC(=O)c2cc(C(=O)O)n3nnc(O)c3n2)C(N)=O)cc1. The molecule has 0 spiro atoms. The summed E-state index contributed by atoms with van der Waals surface area (Å²) in [6.45, 7) is 0. The Labute approximate surface area is 167 Å². The van der Waals surface area contributed by atoms with Crippen LogP contribution in [0.15, 0.2) is 30.3 Å². The molecule has 154 valence electrons. The van der Waals surface area contributed by atoms with Gasteiger partial charge in [0, 0.05) is 6.07 Å². The zero-order chi connectivity index (χ0) is 22.0. The Morgan fingerprint density at radius 3 is 2.43 bits per heavy atom. The number of fused-ring (bicyclic) bond motifs is 1. The van der Waals surface area contributed by atoms with Gasteiger partial charge in [-0.3, -0.25) is 9.59 Å². The lowest BCUT2D eigenvalue weighted by atomic mass is 10.0. The van der Waals surface area contributed by atoms with Crippen LogP contribution in [0.3, 0.4) is 0 Å². The van der Waals surface area contributed by atoms with Gasteiger partial charge in [-0.1, -0.05) is 22.4 Å². The van der Waals surface area contributed by atoms with E-state index in [1.165, 1.54) is 31.4 Å². The van der Waals surface area contributed by atoms with Crippen LogP contribution in [0.4, 0.5) is 0 Å². The van der Waals surface area contributed by atoms with E-state index in [0.29, 0.717) is 0 Å². The third-order valence-corrected chi connectivity index (χ3v) is 4.03. The van der Waals surface area contributed by atoms with Crippen molar-refractivity contribution in [1.29, 1.82) is 0 Å². The minimum absolute atomic E-state index is 0.220. The highest BCUT2D eigenvalue weighted by Crippen LogP contribution is 2.18. The summed E-state index contributed by atoms with van der Waals surface area (Å²) in [4.78, 5) is 51.3. The van der Waals surface area contributed by atoms with Crippen molar-refractivity contribution < 1.29 is 34.1 Å². The number of ether oxygens (including phenoxy) is 1. The number of methoxy groups -OCH3 is 1. The normalized spacial score (nSPS) is 11.6. The topological polar surface area (TPSA) is 199 Å². The zero-order valence-corrected chi connectivity index (χ0v) is 15.3. The fourth-order valence-electron chi connectivity index (χ4n) is 2.59. The number of hydrogen-bond acceptors (Lipinski definition) is 9. The summed E-state index contributed by atoms with van der Waals surface area (Å²) >= 11 is 0. The van der Waals surface area contributed by atoms with Crippen LogP contribution in [0, 0.1) is 0 Å². The van der Waals surface area contributed by atoms with Crippen molar-refractivity contribution in [2.75, 3.05) is 7.11 Å². The van der Waals surface area contributed by atoms with Gasteiger partial charge in [-0.05, 0) is 17.7 Å². The van der Waals surface area contributed by atoms with Crippen molar-refractivity contribution in [2.45, 2.75) is 6.04 Å². The number of carbonyl (C=O) groups is 4.